The Morgan fingerprint density at radius 3 is 2.37 bits per heavy atom. The normalized spacial score (nSPS) is 30.6. The van der Waals surface area contributed by atoms with E-state index in [9.17, 15) is 23.2 Å². The van der Waals surface area contributed by atoms with Crippen molar-refractivity contribution in [2.45, 2.75) is 43.0 Å². The SMILES string of the molecule is Nc1ccc(S(=O)(=O)N2CCC(C3CCN4C(C3)C(C(=O)N3CCC(CO)C3)C[N+]4=O)CC2)cc1. The molecule has 0 aromatic heterocycles. The second-order valence-electron chi connectivity index (χ2n) is 10.6. The number of aliphatic hydroxyl groups excluding tert-OH is 1. The van der Waals surface area contributed by atoms with Crippen molar-refractivity contribution in [2.75, 3.05) is 51.6 Å². The van der Waals surface area contributed by atoms with Gasteiger partial charge in [-0.1, -0.05) is 0 Å². The number of piperidine rings is 2. The molecule has 0 radical (unpaired) electrons. The molecule has 4 heterocycles. The van der Waals surface area contributed by atoms with E-state index in [0.717, 1.165) is 37.0 Å². The number of nitrogen functional groups attached to an aromatic ring is 1. The maximum Gasteiger partial charge on any atom is 0.243 e. The summed E-state index contributed by atoms with van der Waals surface area (Å²) in [7, 11) is -3.54. The topological polar surface area (TPSA) is 127 Å². The highest BCUT2D eigenvalue weighted by molar-refractivity contribution is 7.89. The number of hydrazine groups is 1. The standard InChI is InChI=1S/C24H36N5O5S/c25-20-1-3-21(4-2-20)35(33,34)27-10-6-18(7-11-27)19-8-12-28-23(13-19)22(15-29(28)32)24(31)26-9-5-17(14-26)16-30/h1-4,17-19,22-23,30H,5-16,25H2/q+1. The Bertz CT molecular complexity index is 1060. The van der Waals surface area contributed by atoms with Gasteiger partial charge in [-0.15, -0.1) is 5.01 Å². The highest BCUT2D eigenvalue weighted by Gasteiger charge is 2.55. The quantitative estimate of drug-likeness (QED) is 0.449. The predicted molar refractivity (Wildman–Crippen MR) is 129 cm³/mol. The second kappa shape index (κ2) is 9.67. The number of hydrogen-bond donors (Lipinski definition) is 2. The van der Waals surface area contributed by atoms with Crippen LogP contribution in [0.2, 0.25) is 0 Å². The molecule has 4 atom stereocenters. The molecule has 1 aromatic carbocycles. The zero-order chi connectivity index (χ0) is 24.7. The van der Waals surface area contributed by atoms with Gasteiger partial charge < -0.3 is 15.7 Å². The van der Waals surface area contributed by atoms with E-state index in [2.05, 4.69) is 0 Å². The number of sulfonamides is 1. The van der Waals surface area contributed by atoms with E-state index in [1.54, 1.807) is 28.6 Å². The largest absolute Gasteiger partial charge is 0.399 e. The van der Waals surface area contributed by atoms with Crippen molar-refractivity contribution in [3.05, 3.63) is 29.2 Å². The lowest BCUT2D eigenvalue weighted by Gasteiger charge is -2.40. The van der Waals surface area contributed by atoms with Gasteiger partial charge in [0.1, 0.15) is 16.8 Å². The Balaban J connectivity index is 1.21. The first-order valence-corrected chi connectivity index (χ1v) is 14.2. The minimum absolute atomic E-state index is 0.0411. The number of benzene rings is 1. The van der Waals surface area contributed by atoms with E-state index in [1.807, 2.05) is 9.91 Å². The van der Waals surface area contributed by atoms with Gasteiger partial charge in [-0.2, -0.15) is 4.31 Å². The van der Waals surface area contributed by atoms with Crippen LogP contribution in [0.5, 0.6) is 0 Å². The summed E-state index contributed by atoms with van der Waals surface area (Å²) >= 11 is 0. The van der Waals surface area contributed by atoms with Crippen LogP contribution in [-0.2, 0) is 14.8 Å². The molecule has 4 fully saturated rings. The van der Waals surface area contributed by atoms with E-state index >= 15 is 0 Å². The summed E-state index contributed by atoms with van der Waals surface area (Å²) in [5, 5.41) is 11.3. The van der Waals surface area contributed by atoms with Crippen molar-refractivity contribution in [1.82, 2.24) is 14.2 Å². The molecule has 1 aromatic rings. The summed E-state index contributed by atoms with van der Waals surface area (Å²) in [4.78, 5) is 28.9. The third-order valence-electron chi connectivity index (χ3n) is 8.62. The second-order valence-corrected chi connectivity index (χ2v) is 12.5. The molecule has 3 N–H and O–H groups in total. The summed E-state index contributed by atoms with van der Waals surface area (Å²) in [6, 6.07) is 6.24. The lowest BCUT2D eigenvalue weighted by molar-refractivity contribution is -0.692. The number of carbonyl (C=O) groups is 1. The summed E-state index contributed by atoms with van der Waals surface area (Å²) < 4.78 is 27.6. The van der Waals surface area contributed by atoms with Crippen molar-refractivity contribution in [3.63, 3.8) is 0 Å². The van der Waals surface area contributed by atoms with E-state index in [4.69, 9.17) is 5.73 Å². The first kappa shape index (κ1) is 24.5. The molecule has 4 unspecified atom stereocenters. The Hall–Kier alpha value is -2.24. The minimum Gasteiger partial charge on any atom is -0.399 e. The van der Waals surface area contributed by atoms with E-state index in [0.29, 0.717) is 50.2 Å². The first-order valence-electron chi connectivity index (χ1n) is 12.7. The Morgan fingerprint density at radius 2 is 1.71 bits per heavy atom. The molecule has 35 heavy (non-hydrogen) atoms. The zero-order valence-electron chi connectivity index (χ0n) is 20.0. The van der Waals surface area contributed by atoms with Gasteiger partial charge >= 0.3 is 0 Å². The van der Waals surface area contributed by atoms with E-state index < -0.39 is 10.0 Å². The average Bonchev–Trinajstić information content (AvgIpc) is 3.48. The molecule has 5 rings (SSSR count). The number of hydrogen-bond acceptors (Lipinski definition) is 6. The van der Waals surface area contributed by atoms with Gasteiger partial charge in [-0.25, -0.2) is 8.42 Å². The molecule has 0 bridgehead atoms. The fraction of sp³-hybridized carbons (Fsp3) is 0.708. The van der Waals surface area contributed by atoms with Crippen LogP contribution in [0.4, 0.5) is 5.69 Å². The maximum atomic E-state index is 13.3. The maximum absolute atomic E-state index is 13.3. The fourth-order valence-electron chi connectivity index (χ4n) is 6.52. The van der Waals surface area contributed by atoms with Crippen molar-refractivity contribution < 1.29 is 23.2 Å². The van der Waals surface area contributed by atoms with Crippen LogP contribution in [-0.4, -0.2) is 90.4 Å². The van der Waals surface area contributed by atoms with E-state index in [1.165, 1.54) is 0 Å². The molecular formula is C24H36N5O5S+. The summed E-state index contributed by atoms with van der Waals surface area (Å²) in [6.45, 7) is 3.12. The van der Waals surface area contributed by atoms with Crippen molar-refractivity contribution in [1.29, 1.82) is 0 Å². The molecule has 11 heteroatoms. The number of anilines is 1. The van der Waals surface area contributed by atoms with E-state index in [-0.39, 0.29) is 41.8 Å². The van der Waals surface area contributed by atoms with Crippen LogP contribution in [0, 0.1) is 28.6 Å². The van der Waals surface area contributed by atoms with Crippen LogP contribution in [0.25, 0.3) is 0 Å². The fourth-order valence-corrected chi connectivity index (χ4v) is 7.99. The third kappa shape index (κ3) is 4.65. The molecule has 4 aliphatic rings. The summed E-state index contributed by atoms with van der Waals surface area (Å²) in [6.07, 6.45) is 4.07. The lowest BCUT2D eigenvalue weighted by atomic mass is 9.75. The molecular weight excluding hydrogens is 470 g/mol. The Kier molecular flexibility index (Phi) is 6.75. The van der Waals surface area contributed by atoms with Crippen molar-refractivity contribution in [2.24, 2.45) is 23.7 Å². The van der Waals surface area contributed by atoms with Crippen molar-refractivity contribution in [3.8, 4) is 0 Å². The molecule has 0 aliphatic carbocycles. The molecule has 10 nitrogen and oxygen atoms in total. The number of carbonyl (C=O) groups excluding carboxylic acids is 1. The number of aliphatic hydroxyl groups is 1. The van der Waals surface area contributed by atoms with Gasteiger partial charge in [0, 0.05) is 44.4 Å². The zero-order valence-corrected chi connectivity index (χ0v) is 20.9. The van der Waals surface area contributed by atoms with Gasteiger partial charge in [-0.05, 0) is 68.2 Å². The van der Waals surface area contributed by atoms with Crippen LogP contribution in [0.15, 0.2) is 29.2 Å². The molecule has 0 saturated carbocycles. The molecule has 1 amide bonds. The minimum atomic E-state index is -3.54. The van der Waals surface area contributed by atoms with Crippen LogP contribution in [0.1, 0.15) is 32.1 Å². The molecule has 4 saturated heterocycles. The highest BCUT2D eigenvalue weighted by Crippen LogP contribution is 2.40. The number of amides is 1. The number of nitroso groups, excluding NO2 is 1. The predicted octanol–water partition coefficient (Wildman–Crippen LogP) is 0.915. The molecule has 0 spiro atoms. The van der Waals surface area contributed by atoms with Crippen LogP contribution < -0.4 is 5.73 Å². The molecule has 192 valence electrons. The number of likely N-dealkylation sites (tertiary alicyclic amines) is 1. The lowest BCUT2D eigenvalue weighted by Crippen LogP contribution is -2.49. The van der Waals surface area contributed by atoms with Gasteiger partial charge in [0.15, 0.2) is 0 Å². The number of nitrogens with two attached hydrogens (primary N) is 1. The van der Waals surface area contributed by atoms with Crippen molar-refractivity contribution >= 4 is 21.6 Å². The molecule has 4 aliphatic heterocycles. The number of rotatable bonds is 5. The van der Waals surface area contributed by atoms with Gasteiger partial charge in [0.25, 0.3) is 0 Å². The third-order valence-corrected chi connectivity index (χ3v) is 10.5. The number of fused-ring (bicyclic) bond motifs is 1. The highest BCUT2D eigenvalue weighted by atomic mass is 32.2. The van der Waals surface area contributed by atoms with Gasteiger partial charge in [0.05, 0.1) is 16.3 Å². The Labute approximate surface area is 206 Å². The smallest absolute Gasteiger partial charge is 0.243 e. The van der Waals surface area contributed by atoms with Crippen LogP contribution >= 0.6 is 0 Å². The summed E-state index contributed by atoms with van der Waals surface area (Å²) in [5.41, 5.74) is 6.24. The summed E-state index contributed by atoms with van der Waals surface area (Å²) in [5.74, 6) is 0.604. The Morgan fingerprint density at radius 1 is 1.03 bits per heavy atom. The number of nitrogens with zero attached hydrogens (tertiary/aromatic N) is 4. The van der Waals surface area contributed by atoms with Gasteiger partial charge in [-0.3, -0.25) is 4.79 Å². The van der Waals surface area contributed by atoms with Gasteiger partial charge in [0.2, 0.25) is 22.5 Å². The average molecular weight is 507 g/mol. The van der Waals surface area contributed by atoms with Crippen LogP contribution in [0.3, 0.4) is 0 Å². The monoisotopic (exact) mass is 506 g/mol. The first-order chi connectivity index (χ1) is 16.8.